The average molecular weight is 345 g/mol. The molecule has 5 nitrogen and oxygen atoms in total. The van der Waals surface area contributed by atoms with Crippen molar-refractivity contribution < 1.29 is 4.79 Å². The first kappa shape index (κ1) is 18.7. The fraction of sp³-hybridized carbons (Fsp3) is 0.467. The molecular weight excluding hydrogens is 323 g/mol. The maximum Gasteiger partial charge on any atom is 0.242 e. The van der Waals surface area contributed by atoms with Gasteiger partial charge in [0.15, 0.2) is 0 Å². The zero-order chi connectivity index (χ0) is 14.1. The first-order valence-corrected chi connectivity index (χ1v) is 7.08. The number of fused-ring (bicyclic) bond motifs is 1. The molecule has 1 aromatic carbocycles. The van der Waals surface area contributed by atoms with Crippen molar-refractivity contribution in [1.29, 1.82) is 0 Å². The van der Waals surface area contributed by atoms with E-state index in [0.717, 1.165) is 36.4 Å². The Balaban J connectivity index is 0.00000121. The summed E-state index contributed by atoms with van der Waals surface area (Å²) in [4.78, 5) is 18.8. The third-order valence-electron chi connectivity index (χ3n) is 4.11. The van der Waals surface area contributed by atoms with Crippen molar-refractivity contribution in [2.75, 3.05) is 19.6 Å². The first-order valence-electron chi connectivity index (χ1n) is 7.08. The number of hydrogen-bond acceptors (Lipinski definition) is 3. The van der Waals surface area contributed by atoms with Gasteiger partial charge in [-0.15, -0.1) is 24.8 Å². The van der Waals surface area contributed by atoms with Gasteiger partial charge in [0.1, 0.15) is 12.4 Å². The second kappa shape index (κ2) is 7.81. The van der Waals surface area contributed by atoms with Crippen LogP contribution in [0.25, 0.3) is 11.0 Å². The van der Waals surface area contributed by atoms with Crippen LogP contribution < -0.4 is 5.73 Å². The Morgan fingerprint density at radius 1 is 1.36 bits per heavy atom. The molecule has 3 rings (SSSR count). The number of carbonyl (C=O) groups excluding carboxylic acids is 1. The lowest BCUT2D eigenvalue weighted by atomic mass is 10.1. The molecule has 2 N–H and O–H groups in total. The molecule has 1 amide bonds. The molecule has 0 spiro atoms. The minimum atomic E-state index is 0. The number of carbonyl (C=O) groups is 1. The molecule has 0 saturated carbocycles. The van der Waals surface area contributed by atoms with Gasteiger partial charge in [0.05, 0.1) is 11.0 Å². The van der Waals surface area contributed by atoms with E-state index in [2.05, 4.69) is 4.98 Å². The molecule has 0 radical (unpaired) electrons. The smallest absolute Gasteiger partial charge is 0.242 e. The van der Waals surface area contributed by atoms with E-state index >= 15 is 0 Å². The number of nitrogens with zero attached hydrogens (tertiary/aromatic N) is 3. The molecule has 1 aromatic heterocycles. The highest BCUT2D eigenvalue weighted by Crippen LogP contribution is 2.18. The van der Waals surface area contributed by atoms with Gasteiger partial charge < -0.3 is 15.2 Å². The van der Waals surface area contributed by atoms with E-state index in [1.165, 1.54) is 0 Å². The molecular formula is C15H22Cl2N4O. The van der Waals surface area contributed by atoms with E-state index < -0.39 is 0 Å². The Morgan fingerprint density at radius 2 is 2.09 bits per heavy atom. The highest BCUT2D eigenvalue weighted by molar-refractivity contribution is 5.85. The lowest BCUT2D eigenvalue weighted by Crippen LogP contribution is -2.32. The van der Waals surface area contributed by atoms with Crippen LogP contribution in [0.4, 0.5) is 0 Å². The predicted molar refractivity (Wildman–Crippen MR) is 92.7 cm³/mol. The molecule has 0 aliphatic carbocycles. The van der Waals surface area contributed by atoms with Crippen molar-refractivity contribution in [3.05, 3.63) is 30.1 Å². The van der Waals surface area contributed by atoms with Crippen LogP contribution in [0.5, 0.6) is 0 Å². The highest BCUT2D eigenvalue weighted by atomic mass is 35.5. The number of benzene rings is 1. The quantitative estimate of drug-likeness (QED) is 0.925. The SMILES string of the molecule is Cc1nc2ccccc2n1CC(=O)N1CCC(CN)C1.Cl.Cl. The molecule has 1 saturated heterocycles. The van der Waals surface area contributed by atoms with Crippen molar-refractivity contribution in [2.24, 2.45) is 11.7 Å². The Hall–Kier alpha value is -1.30. The van der Waals surface area contributed by atoms with Crippen molar-refractivity contribution >= 4 is 41.8 Å². The number of nitrogens with two attached hydrogens (primary N) is 1. The molecule has 1 aliphatic rings. The number of imidazole rings is 1. The Labute approximate surface area is 142 Å². The van der Waals surface area contributed by atoms with Gasteiger partial charge in [-0.05, 0) is 37.9 Å². The van der Waals surface area contributed by atoms with Crippen molar-refractivity contribution in [3.63, 3.8) is 0 Å². The molecule has 122 valence electrons. The topological polar surface area (TPSA) is 64.2 Å². The van der Waals surface area contributed by atoms with Gasteiger partial charge in [-0.3, -0.25) is 4.79 Å². The molecule has 2 aromatic rings. The van der Waals surface area contributed by atoms with Crippen LogP contribution in [0.2, 0.25) is 0 Å². The van der Waals surface area contributed by atoms with E-state index in [1.807, 2.05) is 40.7 Å². The van der Waals surface area contributed by atoms with Crippen molar-refractivity contribution in [1.82, 2.24) is 14.5 Å². The third-order valence-corrected chi connectivity index (χ3v) is 4.11. The number of aryl methyl sites for hydroxylation is 1. The van der Waals surface area contributed by atoms with Crippen LogP contribution in [-0.2, 0) is 11.3 Å². The van der Waals surface area contributed by atoms with Gasteiger partial charge >= 0.3 is 0 Å². The summed E-state index contributed by atoms with van der Waals surface area (Å²) in [5.41, 5.74) is 7.64. The molecule has 0 bridgehead atoms. The number of likely N-dealkylation sites (tertiary alicyclic amines) is 1. The Bertz CT molecular complexity index is 644. The zero-order valence-corrected chi connectivity index (χ0v) is 14.2. The standard InChI is InChI=1S/C15H20N4O.2ClH/c1-11-17-13-4-2-3-5-14(13)19(11)10-15(20)18-7-6-12(8-16)9-18;;/h2-5,12H,6-10,16H2,1H3;2*1H. The van der Waals surface area contributed by atoms with Crippen molar-refractivity contribution in [3.8, 4) is 0 Å². The maximum atomic E-state index is 12.4. The fourth-order valence-electron chi connectivity index (χ4n) is 2.88. The molecule has 1 aliphatic heterocycles. The maximum absolute atomic E-state index is 12.4. The summed E-state index contributed by atoms with van der Waals surface area (Å²) in [6.45, 7) is 4.59. The van der Waals surface area contributed by atoms with Crippen LogP contribution >= 0.6 is 24.8 Å². The van der Waals surface area contributed by atoms with E-state index in [-0.39, 0.29) is 30.7 Å². The minimum absolute atomic E-state index is 0. The monoisotopic (exact) mass is 344 g/mol. The van der Waals surface area contributed by atoms with Gasteiger partial charge in [0.2, 0.25) is 5.91 Å². The first-order chi connectivity index (χ1) is 9.69. The van der Waals surface area contributed by atoms with Gasteiger partial charge in [0, 0.05) is 13.1 Å². The lowest BCUT2D eigenvalue weighted by Gasteiger charge is -2.17. The second-order valence-corrected chi connectivity index (χ2v) is 5.46. The molecule has 7 heteroatoms. The molecule has 22 heavy (non-hydrogen) atoms. The summed E-state index contributed by atoms with van der Waals surface area (Å²) in [7, 11) is 0. The van der Waals surface area contributed by atoms with E-state index in [0.29, 0.717) is 19.0 Å². The summed E-state index contributed by atoms with van der Waals surface area (Å²) in [6, 6.07) is 7.93. The number of aromatic nitrogens is 2. The van der Waals surface area contributed by atoms with E-state index in [9.17, 15) is 4.79 Å². The number of halogens is 2. The molecule has 1 fully saturated rings. The number of rotatable bonds is 3. The molecule has 1 atom stereocenters. The second-order valence-electron chi connectivity index (χ2n) is 5.46. The van der Waals surface area contributed by atoms with Gasteiger partial charge in [-0.2, -0.15) is 0 Å². The highest BCUT2D eigenvalue weighted by Gasteiger charge is 2.25. The largest absolute Gasteiger partial charge is 0.341 e. The lowest BCUT2D eigenvalue weighted by molar-refractivity contribution is -0.130. The fourth-order valence-corrected chi connectivity index (χ4v) is 2.88. The van der Waals surface area contributed by atoms with Gasteiger partial charge in [-0.1, -0.05) is 12.1 Å². The molecule has 1 unspecified atom stereocenters. The Kier molecular flexibility index (Phi) is 6.66. The van der Waals surface area contributed by atoms with E-state index in [4.69, 9.17) is 5.73 Å². The zero-order valence-electron chi connectivity index (χ0n) is 12.6. The normalized spacial score (nSPS) is 17.2. The molecule has 2 heterocycles. The minimum Gasteiger partial charge on any atom is -0.341 e. The van der Waals surface area contributed by atoms with Crippen LogP contribution in [0.3, 0.4) is 0 Å². The number of para-hydroxylation sites is 2. The van der Waals surface area contributed by atoms with E-state index in [1.54, 1.807) is 0 Å². The van der Waals surface area contributed by atoms with Gasteiger partial charge in [0.25, 0.3) is 0 Å². The third kappa shape index (κ3) is 3.54. The summed E-state index contributed by atoms with van der Waals surface area (Å²) in [5.74, 6) is 1.50. The summed E-state index contributed by atoms with van der Waals surface area (Å²) < 4.78 is 1.99. The predicted octanol–water partition coefficient (Wildman–Crippen LogP) is 2.00. The van der Waals surface area contributed by atoms with Crippen LogP contribution in [0, 0.1) is 12.8 Å². The summed E-state index contributed by atoms with van der Waals surface area (Å²) in [6.07, 6.45) is 1.02. The Morgan fingerprint density at radius 3 is 2.77 bits per heavy atom. The van der Waals surface area contributed by atoms with Crippen LogP contribution in [0.1, 0.15) is 12.2 Å². The summed E-state index contributed by atoms with van der Waals surface area (Å²) >= 11 is 0. The van der Waals surface area contributed by atoms with Crippen molar-refractivity contribution in [2.45, 2.75) is 19.9 Å². The number of hydrogen-bond donors (Lipinski definition) is 1. The van der Waals surface area contributed by atoms with Gasteiger partial charge in [-0.25, -0.2) is 4.98 Å². The van der Waals surface area contributed by atoms with Crippen LogP contribution in [0.15, 0.2) is 24.3 Å². The average Bonchev–Trinajstić information content (AvgIpc) is 3.04. The van der Waals surface area contributed by atoms with Crippen LogP contribution in [-0.4, -0.2) is 40.0 Å². The number of amides is 1. The summed E-state index contributed by atoms with van der Waals surface area (Å²) in [5, 5.41) is 0.